The zero-order valence-electron chi connectivity index (χ0n) is 10.9. The van der Waals surface area contributed by atoms with Crippen molar-refractivity contribution in [1.29, 1.82) is 5.26 Å². The Morgan fingerprint density at radius 3 is 2.95 bits per heavy atom. The maximum absolute atomic E-state index is 8.85. The van der Waals surface area contributed by atoms with E-state index in [0.717, 1.165) is 24.3 Å². The van der Waals surface area contributed by atoms with Gasteiger partial charge in [0, 0.05) is 23.9 Å². The summed E-state index contributed by atoms with van der Waals surface area (Å²) in [4.78, 5) is 5.52. The van der Waals surface area contributed by atoms with Gasteiger partial charge in [0.1, 0.15) is 5.75 Å². The predicted octanol–water partition coefficient (Wildman–Crippen LogP) is 2.99. The number of hydrogen-bond donors (Lipinski definition) is 1. The third kappa shape index (κ3) is 3.24. The molecule has 4 nitrogen and oxygen atoms in total. The van der Waals surface area contributed by atoms with Gasteiger partial charge in [0.05, 0.1) is 35.6 Å². The van der Waals surface area contributed by atoms with Gasteiger partial charge >= 0.3 is 0 Å². The van der Waals surface area contributed by atoms with E-state index < -0.39 is 0 Å². The minimum Gasteiger partial charge on any atom is -0.495 e. The molecule has 0 aliphatic carbocycles. The summed E-state index contributed by atoms with van der Waals surface area (Å²) in [5, 5.41) is 12.2. The lowest BCUT2D eigenvalue weighted by Gasteiger charge is -2.11. The molecule has 2 rings (SSSR count). The van der Waals surface area contributed by atoms with Gasteiger partial charge in [-0.1, -0.05) is 0 Å². The van der Waals surface area contributed by atoms with Crippen LogP contribution in [-0.4, -0.2) is 18.6 Å². The maximum Gasteiger partial charge on any atom is 0.143 e. The fourth-order valence-electron chi connectivity index (χ4n) is 1.78. The molecule has 2 aromatic rings. The van der Waals surface area contributed by atoms with Crippen molar-refractivity contribution in [2.24, 2.45) is 0 Å². The molecule has 0 fully saturated rings. The number of anilines is 1. The van der Waals surface area contributed by atoms with Gasteiger partial charge in [0.2, 0.25) is 0 Å². The lowest BCUT2D eigenvalue weighted by Crippen LogP contribution is -2.06. The zero-order valence-corrected chi connectivity index (χ0v) is 11.8. The number of hydrogen-bond acceptors (Lipinski definition) is 5. The van der Waals surface area contributed by atoms with E-state index in [9.17, 15) is 0 Å². The minimum absolute atomic E-state index is 0.598. The number of methoxy groups -OCH3 is 1. The number of ether oxygens (including phenoxy) is 1. The number of benzene rings is 1. The molecule has 0 aliphatic heterocycles. The molecule has 0 atom stereocenters. The number of rotatable bonds is 5. The van der Waals surface area contributed by atoms with Crippen LogP contribution in [0, 0.1) is 18.3 Å². The maximum atomic E-state index is 8.85. The average molecular weight is 273 g/mol. The first kappa shape index (κ1) is 13.4. The van der Waals surface area contributed by atoms with Gasteiger partial charge in [-0.2, -0.15) is 5.26 Å². The van der Waals surface area contributed by atoms with Gasteiger partial charge < -0.3 is 10.1 Å². The van der Waals surface area contributed by atoms with Crippen molar-refractivity contribution >= 4 is 17.0 Å². The lowest BCUT2D eigenvalue weighted by atomic mass is 10.2. The second-order valence-corrected chi connectivity index (χ2v) is 5.00. The molecule has 0 saturated heterocycles. The van der Waals surface area contributed by atoms with Crippen LogP contribution in [0.1, 0.15) is 16.1 Å². The molecule has 0 saturated carbocycles. The molecule has 1 aromatic carbocycles. The lowest BCUT2D eigenvalue weighted by molar-refractivity contribution is 0.416. The molecule has 1 aromatic heterocycles. The molecule has 0 radical (unpaired) electrons. The fraction of sp³-hybridized carbons (Fsp3) is 0.286. The summed E-state index contributed by atoms with van der Waals surface area (Å²) in [6, 6.07) is 7.49. The molecule has 0 bridgehead atoms. The highest BCUT2D eigenvalue weighted by Gasteiger charge is 2.05. The normalized spacial score (nSPS) is 9.95. The van der Waals surface area contributed by atoms with E-state index in [1.807, 2.05) is 18.5 Å². The number of nitrogens with one attached hydrogen (secondary N) is 1. The van der Waals surface area contributed by atoms with E-state index in [2.05, 4.69) is 16.4 Å². The molecule has 5 heteroatoms. The number of nitrogens with zero attached hydrogens (tertiary/aromatic N) is 2. The van der Waals surface area contributed by atoms with Crippen molar-refractivity contribution in [2.45, 2.75) is 13.3 Å². The first-order chi connectivity index (χ1) is 9.24. The summed E-state index contributed by atoms with van der Waals surface area (Å²) in [5.41, 5.74) is 4.47. The van der Waals surface area contributed by atoms with Crippen molar-refractivity contribution in [3.05, 3.63) is 39.8 Å². The van der Waals surface area contributed by atoms with Gasteiger partial charge in [-0.25, -0.2) is 4.98 Å². The summed E-state index contributed by atoms with van der Waals surface area (Å²) in [6.07, 6.45) is 0.930. The largest absolute Gasteiger partial charge is 0.495 e. The van der Waals surface area contributed by atoms with Crippen molar-refractivity contribution in [3.63, 3.8) is 0 Å². The van der Waals surface area contributed by atoms with Crippen molar-refractivity contribution in [3.8, 4) is 11.8 Å². The van der Waals surface area contributed by atoms with E-state index in [-0.39, 0.29) is 0 Å². The summed E-state index contributed by atoms with van der Waals surface area (Å²) in [6.45, 7) is 2.83. The van der Waals surface area contributed by atoms with Crippen molar-refractivity contribution in [1.82, 2.24) is 4.98 Å². The molecule has 1 N–H and O–H groups in total. The second-order valence-electron chi connectivity index (χ2n) is 4.06. The highest BCUT2D eigenvalue weighted by molar-refractivity contribution is 7.09. The predicted molar refractivity (Wildman–Crippen MR) is 76.8 cm³/mol. The van der Waals surface area contributed by atoms with Gasteiger partial charge in [-0.3, -0.25) is 0 Å². The Bertz CT molecular complexity index is 601. The monoisotopic (exact) mass is 273 g/mol. The molecular formula is C14H15N3OS. The Morgan fingerprint density at radius 2 is 2.32 bits per heavy atom. The molecular weight excluding hydrogens is 258 g/mol. The van der Waals surface area contributed by atoms with E-state index in [1.54, 1.807) is 30.6 Å². The van der Waals surface area contributed by atoms with Gasteiger partial charge in [-0.15, -0.1) is 11.3 Å². The standard InChI is InChI=1S/C14H15N3OS/c1-10-14(19-9-17-10)5-6-16-12-4-3-11(8-15)7-13(12)18-2/h3-4,7,9,16H,5-6H2,1-2H3. The summed E-state index contributed by atoms with van der Waals surface area (Å²) >= 11 is 1.68. The smallest absolute Gasteiger partial charge is 0.143 e. The first-order valence-electron chi connectivity index (χ1n) is 5.95. The quantitative estimate of drug-likeness (QED) is 0.910. The second kappa shape index (κ2) is 6.21. The summed E-state index contributed by atoms with van der Waals surface area (Å²) in [7, 11) is 1.61. The van der Waals surface area contributed by atoms with Gasteiger partial charge in [0.15, 0.2) is 0 Å². The molecule has 0 aliphatic rings. The van der Waals surface area contributed by atoms with Crippen molar-refractivity contribution < 1.29 is 4.74 Å². The van der Waals surface area contributed by atoms with E-state index >= 15 is 0 Å². The van der Waals surface area contributed by atoms with E-state index in [0.29, 0.717) is 11.3 Å². The first-order valence-corrected chi connectivity index (χ1v) is 6.83. The number of thiazole rings is 1. The SMILES string of the molecule is COc1cc(C#N)ccc1NCCc1scnc1C. The zero-order chi connectivity index (χ0) is 13.7. The molecule has 19 heavy (non-hydrogen) atoms. The van der Waals surface area contributed by atoms with Gasteiger partial charge in [0.25, 0.3) is 0 Å². The highest BCUT2D eigenvalue weighted by Crippen LogP contribution is 2.25. The molecule has 0 amide bonds. The number of nitriles is 1. The third-order valence-corrected chi connectivity index (χ3v) is 3.84. The Kier molecular flexibility index (Phi) is 4.37. The number of aryl methyl sites for hydroxylation is 1. The van der Waals surface area contributed by atoms with Crippen LogP contribution < -0.4 is 10.1 Å². The van der Waals surface area contributed by atoms with Crippen LogP contribution in [0.3, 0.4) is 0 Å². The van der Waals surface area contributed by atoms with E-state index in [1.165, 1.54) is 4.88 Å². The Balaban J connectivity index is 2.00. The number of aromatic nitrogens is 1. The van der Waals surface area contributed by atoms with Crippen LogP contribution in [0.2, 0.25) is 0 Å². The third-order valence-electron chi connectivity index (χ3n) is 2.84. The van der Waals surface area contributed by atoms with Crippen LogP contribution >= 0.6 is 11.3 Å². The molecule has 1 heterocycles. The van der Waals surface area contributed by atoms with Crippen LogP contribution in [0.5, 0.6) is 5.75 Å². The fourth-order valence-corrected chi connectivity index (χ4v) is 2.56. The highest BCUT2D eigenvalue weighted by atomic mass is 32.1. The van der Waals surface area contributed by atoms with Crippen LogP contribution in [-0.2, 0) is 6.42 Å². The average Bonchev–Trinajstić information content (AvgIpc) is 2.84. The van der Waals surface area contributed by atoms with Crippen LogP contribution in [0.25, 0.3) is 0 Å². The summed E-state index contributed by atoms with van der Waals surface area (Å²) in [5.74, 6) is 0.695. The molecule has 0 unspecified atom stereocenters. The van der Waals surface area contributed by atoms with Crippen molar-refractivity contribution in [2.75, 3.05) is 19.0 Å². The Labute approximate surface area is 116 Å². The van der Waals surface area contributed by atoms with E-state index in [4.69, 9.17) is 10.00 Å². The minimum atomic E-state index is 0.598. The molecule has 98 valence electrons. The van der Waals surface area contributed by atoms with Gasteiger partial charge in [-0.05, 0) is 19.1 Å². The Morgan fingerprint density at radius 1 is 1.47 bits per heavy atom. The Hall–Kier alpha value is -2.06. The topological polar surface area (TPSA) is 57.9 Å². The summed E-state index contributed by atoms with van der Waals surface area (Å²) < 4.78 is 5.28. The van der Waals surface area contributed by atoms with Crippen LogP contribution in [0.4, 0.5) is 5.69 Å². The molecule has 0 spiro atoms. The van der Waals surface area contributed by atoms with Crippen LogP contribution in [0.15, 0.2) is 23.7 Å².